The number of rotatable bonds is 6. The largest absolute Gasteiger partial charge is 0.573 e. The highest BCUT2D eigenvalue weighted by Crippen LogP contribution is 2.42. The molecule has 2 aliphatic rings. The van der Waals surface area contributed by atoms with E-state index in [0.717, 1.165) is 32.1 Å². The van der Waals surface area contributed by atoms with Crippen molar-refractivity contribution < 1.29 is 27.4 Å². The molecule has 6 heteroatoms. The predicted octanol–water partition coefficient (Wildman–Crippen LogP) is 4.61. The molecule has 0 atom stereocenters. The first kappa shape index (κ1) is 15.3. The fourth-order valence-electron chi connectivity index (χ4n) is 2.30. The van der Waals surface area contributed by atoms with Crippen LogP contribution in [0, 0.1) is 12.8 Å². The van der Waals surface area contributed by atoms with Crippen LogP contribution in [0.25, 0.3) is 0 Å². The Hall–Kier alpha value is -1.59. The van der Waals surface area contributed by atoms with Crippen LogP contribution in [0.4, 0.5) is 13.2 Å². The van der Waals surface area contributed by atoms with Crippen LogP contribution in [0.3, 0.4) is 0 Å². The van der Waals surface area contributed by atoms with Crippen LogP contribution < -0.4 is 14.2 Å². The zero-order chi connectivity index (χ0) is 15.7. The van der Waals surface area contributed by atoms with Gasteiger partial charge in [-0.15, -0.1) is 13.2 Å². The molecule has 0 heterocycles. The van der Waals surface area contributed by atoms with E-state index in [4.69, 9.17) is 9.47 Å². The van der Waals surface area contributed by atoms with Gasteiger partial charge in [0.1, 0.15) is 5.75 Å². The maximum atomic E-state index is 12.7. The highest BCUT2D eigenvalue weighted by molar-refractivity contribution is 5.53. The Balaban J connectivity index is 1.81. The van der Waals surface area contributed by atoms with Gasteiger partial charge in [0.25, 0.3) is 0 Å². The average molecular weight is 316 g/mol. The lowest BCUT2D eigenvalue weighted by atomic mass is 9.96. The molecule has 122 valence electrons. The van der Waals surface area contributed by atoms with Crippen LogP contribution in [0.15, 0.2) is 12.1 Å². The molecule has 0 bridgehead atoms. The maximum absolute atomic E-state index is 12.7. The Labute approximate surface area is 127 Å². The van der Waals surface area contributed by atoms with Gasteiger partial charge in [-0.2, -0.15) is 0 Å². The zero-order valence-corrected chi connectivity index (χ0v) is 12.4. The summed E-state index contributed by atoms with van der Waals surface area (Å²) in [5, 5.41) is 0. The third-order valence-electron chi connectivity index (χ3n) is 4.06. The lowest BCUT2D eigenvalue weighted by Gasteiger charge is -2.28. The van der Waals surface area contributed by atoms with Gasteiger partial charge < -0.3 is 14.2 Å². The fraction of sp³-hybridized carbons (Fsp3) is 0.625. The summed E-state index contributed by atoms with van der Waals surface area (Å²) >= 11 is 0. The molecule has 3 rings (SSSR count). The second-order valence-corrected chi connectivity index (χ2v) is 5.99. The van der Waals surface area contributed by atoms with Crippen molar-refractivity contribution in [2.45, 2.75) is 51.5 Å². The van der Waals surface area contributed by atoms with Gasteiger partial charge in [0.2, 0.25) is 0 Å². The van der Waals surface area contributed by atoms with Crippen LogP contribution >= 0.6 is 0 Å². The quantitative estimate of drug-likeness (QED) is 0.767. The van der Waals surface area contributed by atoms with Gasteiger partial charge in [-0.1, -0.05) is 0 Å². The summed E-state index contributed by atoms with van der Waals surface area (Å²) in [6.45, 7) is 2.10. The molecule has 1 aromatic carbocycles. The lowest BCUT2D eigenvalue weighted by Crippen LogP contribution is -2.26. The van der Waals surface area contributed by atoms with Crippen LogP contribution in [0.1, 0.15) is 37.7 Å². The van der Waals surface area contributed by atoms with E-state index in [1.54, 1.807) is 13.0 Å². The Morgan fingerprint density at radius 3 is 2.32 bits per heavy atom. The first-order valence-corrected chi connectivity index (χ1v) is 7.61. The number of hydrogen-bond acceptors (Lipinski definition) is 3. The van der Waals surface area contributed by atoms with Gasteiger partial charge in [-0.3, -0.25) is 0 Å². The molecule has 1 aromatic rings. The van der Waals surface area contributed by atoms with Gasteiger partial charge in [0, 0.05) is 5.56 Å². The molecule has 0 unspecified atom stereocenters. The monoisotopic (exact) mass is 316 g/mol. The average Bonchev–Trinajstić information content (AvgIpc) is 3.19. The van der Waals surface area contributed by atoms with Crippen molar-refractivity contribution in [1.82, 2.24) is 0 Å². The number of ether oxygens (including phenoxy) is 3. The minimum absolute atomic E-state index is 0.0202. The van der Waals surface area contributed by atoms with Crippen molar-refractivity contribution in [2.75, 3.05) is 6.61 Å². The number of halogens is 3. The van der Waals surface area contributed by atoms with Crippen molar-refractivity contribution in [2.24, 2.45) is 5.92 Å². The van der Waals surface area contributed by atoms with Crippen molar-refractivity contribution in [3.63, 3.8) is 0 Å². The summed E-state index contributed by atoms with van der Waals surface area (Å²) in [5.41, 5.74) is 0.329. The van der Waals surface area contributed by atoms with E-state index < -0.39 is 6.36 Å². The normalized spacial score (nSPS) is 18.7. The summed E-state index contributed by atoms with van der Waals surface area (Å²) in [5.74, 6) is 0.801. The summed E-state index contributed by atoms with van der Waals surface area (Å²) in [6.07, 6.45) is 0.240. The molecule has 0 aromatic heterocycles. The highest BCUT2D eigenvalue weighted by atomic mass is 19.4. The van der Waals surface area contributed by atoms with E-state index in [2.05, 4.69) is 4.74 Å². The van der Waals surface area contributed by atoms with Crippen molar-refractivity contribution >= 4 is 0 Å². The molecule has 2 aliphatic carbocycles. The highest BCUT2D eigenvalue weighted by Gasteiger charge is 2.35. The molecule has 0 saturated heterocycles. The summed E-state index contributed by atoms with van der Waals surface area (Å²) in [7, 11) is 0. The molecular weight excluding hydrogens is 297 g/mol. The van der Waals surface area contributed by atoms with Crippen molar-refractivity contribution in [3.05, 3.63) is 17.7 Å². The Bertz CT molecular complexity index is 534. The first-order chi connectivity index (χ1) is 10.4. The van der Waals surface area contributed by atoms with Crippen molar-refractivity contribution in [3.8, 4) is 17.2 Å². The molecule has 2 saturated carbocycles. The van der Waals surface area contributed by atoms with Crippen LogP contribution in [-0.4, -0.2) is 19.1 Å². The van der Waals surface area contributed by atoms with E-state index in [-0.39, 0.29) is 17.6 Å². The Kier molecular flexibility index (Phi) is 4.10. The van der Waals surface area contributed by atoms with Crippen LogP contribution in [0.2, 0.25) is 0 Å². The van der Waals surface area contributed by atoms with Gasteiger partial charge in [-0.05, 0) is 57.1 Å². The molecule has 0 aliphatic heterocycles. The van der Waals surface area contributed by atoms with Crippen molar-refractivity contribution in [1.29, 1.82) is 0 Å². The summed E-state index contributed by atoms with van der Waals surface area (Å²) < 4.78 is 53.4. The minimum Gasteiger partial charge on any atom is -0.493 e. The Morgan fingerprint density at radius 1 is 1.09 bits per heavy atom. The molecule has 22 heavy (non-hydrogen) atoms. The first-order valence-electron chi connectivity index (χ1n) is 7.61. The van der Waals surface area contributed by atoms with E-state index in [0.29, 0.717) is 23.8 Å². The van der Waals surface area contributed by atoms with E-state index >= 15 is 0 Å². The molecule has 0 amide bonds. The molecule has 2 fully saturated rings. The van der Waals surface area contributed by atoms with Crippen LogP contribution in [0.5, 0.6) is 17.2 Å². The smallest absolute Gasteiger partial charge is 0.493 e. The summed E-state index contributed by atoms with van der Waals surface area (Å²) in [4.78, 5) is 0. The third-order valence-corrected chi connectivity index (χ3v) is 4.06. The standard InChI is InChI=1S/C16H19F3O3/c1-10-13(20-9-11-5-6-11)7-8-14(21-12-3-2-4-12)15(10)22-16(17,18)19/h7-8,11-12H,2-6,9H2,1H3. The van der Waals surface area contributed by atoms with E-state index in [1.165, 1.54) is 6.07 Å². The SMILES string of the molecule is Cc1c(OCC2CC2)ccc(OC2CCC2)c1OC(F)(F)F. The maximum Gasteiger partial charge on any atom is 0.573 e. The molecule has 0 N–H and O–H groups in total. The van der Waals surface area contributed by atoms with Gasteiger partial charge >= 0.3 is 6.36 Å². The van der Waals surface area contributed by atoms with Crippen LogP contribution in [-0.2, 0) is 0 Å². The molecule has 3 nitrogen and oxygen atoms in total. The van der Waals surface area contributed by atoms with E-state index in [9.17, 15) is 13.2 Å². The molecule has 0 spiro atoms. The number of alkyl halides is 3. The minimum atomic E-state index is -4.75. The van der Waals surface area contributed by atoms with Gasteiger partial charge in [0.05, 0.1) is 12.7 Å². The predicted molar refractivity (Wildman–Crippen MR) is 74.3 cm³/mol. The topological polar surface area (TPSA) is 27.7 Å². The van der Waals surface area contributed by atoms with E-state index in [1.807, 2.05) is 0 Å². The summed E-state index contributed by atoms with van der Waals surface area (Å²) in [6, 6.07) is 3.17. The van der Waals surface area contributed by atoms with Gasteiger partial charge in [-0.25, -0.2) is 0 Å². The number of hydrogen-bond donors (Lipinski definition) is 0. The third kappa shape index (κ3) is 3.78. The number of benzene rings is 1. The zero-order valence-electron chi connectivity index (χ0n) is 12.4. The molecular formula is C16H19F3O3. The van der Waals surface area contributed by atoms with Gasteiger partial charge in [0.15, 0.2) is 11.5 Å². The second kappa shape index (κ2) is 5.89. The molecule has 0 radical (unpaired) electrons. The lowest BCUT2D eigenvalue weighted by molar-refractivity contribution is -0.275. The Morgan fingerprint density at radius 2 is 1.77 bits per heavy atom. The second-order valence-electron chi connectivity index (χ2n) is 5.99. The fourth-order valence-corrected chi connectivity index (χ4v) is 2.30.